The van der Waals surface area contributed by atoms with Crippen LogP contribution in [0.3, 0.4) is 0 Å². The van der Waals surface area contributed by atoms with Crippen LogP contribution in [0.2, 0.25) is 0 Å². The van der Waals surface area contributed by atoms with Crippen molar-refractivity contribution in [1.29, 1.82) is 0 Å². The normalized spacial score (nSPS) is 30.3. The largest absolute Gasteiger partial charge is 0.311 e. The first-order valence-corrected chi connectivity index (χ1v) is 8.32. The first-order chi connectivity index (χ1) is 9.56. The molecule has 20 heavy (non-hydrogen) atoms. The average Bonchev–Trinajstić information content (AvgIpc) is 2.40. The van der Waals surface area contributed by atoms with E-state index in [0.29, 0.717) is 17.9 Å². The lowest BCUT2D eigenvalue weighted by atomic mass is 9.82. The van der Waals surface area contributed by atoms with Crippen molar-refractivity contribution >= 4 is 0 Å². The van der Waals surface area contributed by atoms with Gasteiger partial charge in [0, 0.05) is 25.2 Å². The summed E-state index contributed by atoms with van der Waals surface area (Å²) in [5, 5.41) is 3.66. The van der Waals surface area contributed by atoms with Crippen LogP contribution in [-0.2, 0) is 0 Å². The molecule has 1 aliphatic heterocycles. The Morgan fingerprint density at radius 2 is 1.85 bits per heavy atom. The topological polar surface area (TPSA) is 15.3 Å². The molecule has 1 saturated heterocycles. The van der Waals surface area contributed by atoms with Crippen LogP contribution in [0.1, 0.15) is 52.4 Å². The summed E-state index contributed by atoms with van der Waals surface area (Å²) in [6.45, 7) is 5.99. The number of nitrogens with one attached hydrogen (secondary N) is 1. The van der Waals surface area contributed by atoms with E-state index in [1.807, 2.05) is 0 Å². The third-order valence-electron chi connectivity index (χ3n) is 4.90. The van der Waals surface area contributed by atoms with Gasteiger partial charge in [-0.1, -0.05) is 33.1 Å². The molecule has 0 bridgehead atoms. The molecule has 2 aliphatic rings. The fourth-order valence-electron chi connectivity index (χ4n) is 3.91. The minimum absolute atomic E-state index is 0.0533. The van der Waals surface area contributed by atoms with Crippen LogP contribution in [0.25, 0.3) is 0 Å². The number of piperazine rings is 1. The molecule has 4 heteroatoms. The Hall–Kier alpha value is -0.220. The second kappa shape index (κ2) is 7.69. The maximum absolute atomic E-state index is 12.8. The number of hydrogen-bond donors (Lipinski definition) is 1. The van der Waals surface area contributed by atoms with E-state index in [0.717, 1.165) is 19.5 Å². The summed E-state index contributed by atoms with van der Waals surface area (Å²) in [4.78, 5) is 2.06. The molecule has 0 aromatic rings. The predicted octanol–water partition coefficient (Wildman–Crippen LogP) is 3.52. The highest BCUT2D eigenvalue weighted by atomic mass is 19.3. The Balaban J connectivity index is 1.92. The smallest absolute Gasteiger partial charge is 0.251 e. The maximum Gasteiger partial charge on any atom is 0.251 e. The van der Waals surface area contributed by atoms with Crippen LogP contribution in [0.5, 0.6) is 0 Å². The van der Waals surface area contributed by atoms with Crippen molar-refractivity contribution in [2.24, 2.45) is 11.8 Å². The van der Waals surface area contributed by atoms with Gasteiger partial charge >= 0.3 is 0 Å². The van der Waals surface area contributed by atoms with Gasteiger partial charge in [-0.3, -0.25) is 4.90 Å². The highest BCUT2D eigenvalue weighted by Crippen LogP contribution is 2.29. The molecule has 1 aliphatic carbocycles. The second-order valence-electron chi connectivity index (χ2n) is 7.04. The molecule has 0 spiro atoms. The van der Waals surface area contributed by atoms with E-state index < -0.39 is 6.43 Å². The molecule has 0 radical (unpaired) electrons. The molecular weight excluding hydrogens is 258 g/mol. The standard InChI is InChI=1S/C16H30F2N2/c1-12(2)8-14-9-19-15(10-20(14)11-16(17)18)13-6-4-3-5-7-13/h12-16,19H,3-11H2,1-2H3. The van der Waals surface area contributed by atoms with Gasteiger partial charge in [-0.05, 0) is 31.1 Å². The van der Waals surface area contributed by atoms with Gasteiger partial charge in [-0.25, -0.2) is 8.78 Å². The van der Waals surface area contributed by atoms with Crippen molar-refractivity contribution in [2.45, 2.75) is 70.9 Å². The Kier molecular flexibility index (Phi) is 6.21. The molecule has 2 nitrogen and oxygen atoms in total. The van der Waals surface area contributed by atoms with Crippen molar-refractivity contribution in [1.82, 2.24) is 10.2 Å². The first-order valence-electron chi connectivity index (χ1n) is 8.32. The monoisotopic (exact) mass is 288 g/mol. The summed E-state index contributed by atoms with van der Waals surface area (Å²) >= 11 is 0. The SMILES string of the molecule is CC(C)CC1CNC(C2CCCCC2)CN1CC(F)F. The number of rotatable bonds is 5. The quantitative estimate of drug-likeness (QED) is 0.832. The van der Waals surface area contributed by atoms with E-state index in [2.05, 4.69) is 24.1 Å². The lowest BCUT2D eigenvalue weighted by molar-refractivity contribution is 0.0250. The lowest BCUT2D eigenvalue weighted by Gasteiger charge is -2.44. The fraction of sp³-hybridized carbons (Fsp3) is 1.00. The first kappa shape index (κ1) is 16.2. The summed E-state index contributed by atoms with van der Waals surface area (Å²) in [5.74, 6) is 1.26. The Morgan fingerprint density at radius 3 is 2.45 bits per heavy atom. The summed E-state index contributed by atoms with van der Waals surface area (Å²) < 4.78 is 25.7. The Bertz CT molecular complexity index is 278. The van der Waals surface area contributed by atoms with Gasteiger partial charge in [0.2, 0.25) is 0 Å². The third-order valence-corrected chi connectivity index (χ3v) is 4.90. The van der Waals surface area contributed by atoms with Gasteiger partial charge in [0.05, 0.1) is 6.54 Å². The van der Waals surface area contributed by atoms with Crippen molar-refractivity contribution in [3.63, 3.8) is 0 Å². The van der Waals surface area contributed by atoms with E-state index in [4.69, 9.17) is 0 Å². The molecule has 1 N–H and O–H groups in total. The summed E-state index contributed by atoms with van der Waals surface area (Å²) in [6.07, 6.45) is 5.32. The van der Waals surface area contributed by atoms with E-state index in [1.54, 1.807) is 0 Å². The molecule has 2 atom stereocenters. The Morgan fingerprint density at radius 1 is 1.15 bits per heavy atom. The van der Waals surface area contributed by atoms with Crippen LogP contribution >= 0.6 is 0 Å². The summed E-state index contributed by atoms with van der Waals surface area (Å²) in [6, 6.07) is 0.710. The minimum atomic E-state index is -2.21. The molecule has 2 rings (SSSR count). The van der Waals surface area contributed by atoms with Crippen molar-refractivity contribution in [2.75, 3.05) is 19.6 Å². The maximum atomic E-state index is 12.8. The highest BCUT2D eigenvalue weighted by molar-refractivity contribution is 4.91. The van der Waals surface area contributed by atoms with E-state index >= 15 is 0 Å². The van der Waals surface area contributed by atoms with Gasteiger partial charge in [-0.2, -0.15) is 0 Å². The van der Waals surface area contributed by atoms with Crippen molar-refractivity contribution in [3.05, 3.63) is 0 Å². The summed E-state index contributed by atoms with van der Waals surface area (Å²) in [5.41, 5.74) is 0. The molecule has 2 fully saturated rings. The zero-order valence-corrected chi connectivity index (χ0v) is 13.0. The zero-order valence-electron chi connectivity index (χ0n) is 13.0. The van der Waals surface area contributed by atoms with Gasteiger partial charge < -0.3 is 5.32 Å². The third kappa shape index (κ3) is 4.66. The van der Waals surface area contributed by atoms with Crippen molar-refractivity contribution in [3.8, 4) is 0 Å². The molecule has 2 unspecified atom stereocenters. The number of halogens is 2. The highest BCUT2D eigenvalue weighted by Gasteiger charge is 2.33. The number of alkyl halides is 2. The Labute approximate surface area is 122 Å². The molecule has 0 amide bonds. The van der Waals surface area contributed by atoms with Gasteiger partial charge in [0.1, 0.15) is 0 Å². The second-order valence-corrected chi connectivity index (χ2v) is 7.04. The van der Waals surface area contributed by atoms with Crippen LogP contribution < -0.4 is 5.32 Å². The van der Waals surface area contributed by atoms with Crippen LogP contribution in [0.15, 0.2) is 0 Å². The zero-order chi connectivity index (χ0) is 14.5. The van der Waals surface area contributed by atoms with Crippen LogP contribution in [0, 0.1) is 11.8 Å². The van der Waals surface area contributed by atoms with E-state index in [-0.39, 0.29) is 12.6 Å². The van der Waals surface area contributed by atoms with Gasteiger partial charge in [0.25, 0.3) is 6.43 Å². The fourth-order valence-corrected chi connectivity index (χ4v) is 3.91. The number of nitrogens with zero attached hydrogens (tertiary/aromatic N) is 1. The lowest BCUT2D eigenvalue weighted by Crippen LogP contribution is -2.60. The van der Waals surface area contributed by atoms with E-state index in [9.17, 15) is 8.78 Å². The predicted molar refractivity (Wildman–Crippen MR) is 79.2 cm³/mol. The molecule has 0 aromatic heterocycles. The van der Waals surface area contributed by atoms with Gasteiger partial charge in [-0.15, -0.1) is 0 Å². The molecular formula is C16H30F2N2. The minimum Gasteiger partial charge on any atom is -0.311 e. The molecule has 1 saturated carbocycles. The molecule has 118 valence electrons. The van der Waals surface area contributed by atoms with Crippen LogP contribution in [-0.4, -0.2) is 43.0 Å². The van der Waals surface area contributed by atoms with E-state index in [1.165, 1.54) is 32.1 Å². The van der Waals surface area contributed by atoms with Crippen LogP contribution in [0.4, 0.5) is 8.78 Å². The van der Waals surface area contributed by atoms with Crippen molar-refractivity contribution < 1.29 is 8.78 Å². The van der Waals surface area contributed by atoms with Gasteiger partial charge in [0.15, 0.2) is 0 Å². The average molecular weight is 288 g/mol. The molecule has 0 aromatic carbocycles. The molecule has 1 heterocycles. The number of hydrogen-bond acceptors (Lipinski definition) is 2. The summed E-state index contributed by atoms with van der Waals surface area (Å²) in [7, 11) is 0.